The van der Waals surface area contributed by atoms with Gasteiger partial charge in [0, 0.05) is 19.4 Å². The molecule has 2 heterocycles. The van der Waals surface area contributed by atoms with Crippen LogP contribution >= 0.6 is 11.8 Å². The Morgan fingerprint density at radius 1 is 1.43 bits per heavy atom. The van der Waals surface area contributed by atoms with Crippen LogP contribution < -0.4 is 0 Å². The molecule has 0 unspecified atom stereocenters. The average Bonchev–Trinajstić information content (AvgIpc) is 2.82. The molecular formula is C13H13F3N4S. The Morgan fingerprint density at radius 3 is 2.76 bits per heavy atom. The van der Waals surface area contributed by atoms with Crippen molar-refractivity contribution >= 4 is 22.5 Å². The Labute approximate surface area is 124 Å². The molecule has 0 radical (unpaired) electrons. The molecule has 0 fully saturated rings. The summed E-state index contributed by atoms with van der Waals surface area (Å²) < 4.78 is 40.3. The fourth-order valence-corrected chi connectivity index (χ4v) is 2.45. The van der Waals surface area contributed by atoms with E-state index in [2.05, 4.69) is 15.1 Å². The van der Waals surface area contributed by atoms with Gasteiger partial charge in [0.1, 0.15) is 5.04 Å². The third-order valence-electron chi connectivity index (χ3n) is 2.49. The van der Waals surface area contributed by atoms with Crippen molar-refractivity contribution in [1.29, 1.82) is 0 Å². The Balaban J connectivity index is 2.51. The van der Waals surface area contributed by atoms with Crippen LogP contribution in [0.15, 0.2) is 35.7 Å². The molecule has 2 aromatic rings. The molecule has 0 saturated heterocycles. The molecule has 0 aliphatic carbocycles. The first kappa shape index (κ1) is 15.6. The normalized spacial score (nSPS) is 12.7. The van der Waals surface area contributed by atoms with Crippen molar-refractivity contribution in [2.75, 3.05) is 5.75 Å². The fraction of sp³-hybridized carbons (Fsp3) is 0.308. The predicted octanol–water partition coefficient (Wildman–Crippen LogP) is 3.67. The molecule has 4 nitrogen and oxygen atoms in total. The monoisotopic (exact) mass is 314 g/mol. The van der Waals surface area contributed by atoms with Crippen LogP contribution in [0, 0.1) is 0 Å². The van der Waals surface area contributed by atoms with Gasteiger partial charge in [-0.15, -0.1) is 11.8 Å². The lowest BCUT2D eigenvalue weighted by Crippen LogP contribution is -2.11. The predicted molar refractivity (Wildman–Crippen MR) is 76.8 cm³/mol. The Kier molecular flexibility index (Phi) is 4.66. The summed E-state index contributed by atoms with van der Waals surface area (Å²) in [7, 11) is 1.46. The van der Waals surface area contributed by atoms with Crippen LogP contribution in [0.25, 0.3) is 0 Å². The van der Waals surface area contributed by atoms with Gasteiger partial charge in [0.05, 0.1) is 17.4 Å². The summed E-state index contributed by atoms with van der Waals surface area (Å²) in [6.45, 7) is 1.85. The summed E-state index contributed by atoms with van der Waals surface area (Å²) >= 11 is 1.24. The third-order valence-corrected chi connectivity index (χ3v) is 3.36. The quantitative estimate of drug-likeness (QED) is 0.641. The summed E-state index contributed by atoms with van der Waals surface area (Å²) in [5.74, 6) is 0.602. The van der Waals surface area contributed by atoms with E-state index in [0.717, 1.165) is 4.68 Å². The molecule has 0 saturated carbocycles. The number of halogens is 3. The standard InChI is InChI=1S/C13H13F3N4S/c1-3-21-12(18-9-5-4-6-17-7-9)10-8-20(2)19-11(10)13(14,15)16/h4-8H,3H2,1-2H3/b18-12-. The van der Waals surface area contributed by atoms with E-state index in [1.807, 2.05) is 6.92 Å². The van der Waals surface area contributed by atoms with Gasteiger partial charge in [0.15, 0.2) is 5.69 Å². The smallest absolute Gasteiger partial charge is 0.274 e. The first-order valence-electron chi connectivity index (χ1n) is 6.14. The zero-order chi connectivity index (χ0) is 15.5. The minimum Gasteiger partial charge on any atom is -0.274 e. The molecule has 0 amide bonds. The van der Waals surface area contributed by atoms with Crippen LogP contribution in [-0.2, 0) is 13.2 Å². The minimum atomic E-state index is -4.51. The van der Waals surface area contributed by atoms with E-state index in [1.54, 1.807) is 18.3 Å². The molecule has 8 heteroatoms. The van der Waals surface area contributed by atoms with E-state index in [1.165, 1.54) is 31.2 Å². The van der Waals surface area contributed by atoms with E-state index in [0.29, 0.717) is 11.4 Å². The van der Waals surface area contributed by atoms with Gasteiger partial charge in [-0.2, -0.15) is 18.3 Å². The molecular weight excluding hydrogens is 301 g/mol. The number of pyridine rings is 1. The highest BCUT2D eigenvalue weighted by Crippen LogP contribution is 2.33. The number of nitrogens with zero attached hydrogens (tertiary/aromatic N) is 4. The molecule has 0 N–H and O–H groups in total. The summed E-state index contributed by atoms with van der Waals surface area (Å²) in [6.07, 6.45) is -0.0992. The van der Waals surface area contributed by atoms with Crippen LogP contribution in [0.4, 0.5) is 18.9 Å². The molecule has 2 rings (SSSR count). The van der Waals surface area contributed by atoms with Crippen molar-refractivity contribution in [1.82, 2.24) is 14.8 Å². The third kappa shape index (κ3) is 3.84. The van der Waals surface area contributed by atoms with Crippen molar-refractivity contribution in [3.05, 3.63) is 42.0 Å². The van der Waals surface area contributed by atoms with Gasteiger partial charge in [0.2, 0.25) is 0 Å². The second-order valence-corrected chi connectivity index (χ2v) is 5.38. The highest BCUT2D eigenvalue weighted by Gasteiger charge is 2.38. The van der Waals surface area contributed by atoms with Crippen molar-refractivity contribution < 1.29 is 13.2 Å². The highest BCUT2D eigenvalue weighted by molar-refractivity contribution is 8.14. The number of aryl methyl sites for hydroxylation is 1. The molecule has 0 aromatic carbocycles. The van der Waals surface area contributed by atoms with Gasteiger partial charge in [-0.25, -0.2) is 4.99 Å². The molecule has 0 aliphatic heterocycles. The van der Waals surface area contributed by atoms with E-state index in [-0.39, 0.29) is 10.6 Å². The van der Waals surface area contributed by atoms with Crippen LogP contribution in [0.1, 0.15) is 18.2 Å². The maximum Gasteiger partial charge on any atom is 0.435 e. The molecule has 0 spiro atoms. The van der Waals surface area contributed by atoms with Gasteiger partial charge in [-0.3, -0.25) is 9.67 Å². The molecule has 112 valence electrons. The van der Waals surface area contributed by atoms with E-state index >= 15 is 0 Å². The van der Waals surface area contributed by atoms with Gasteiger partial charge in [-0.05, 0) is 17.9 Å². The van der Waals surface area contributed by atoms with Gasteiger partial charge in [0.25, 0.3) is 0 Å². The Hall–Kier alpha value is -1.83. The van der Waals surface area contributed by atoms with Crippen LogP contribution in [0.2, 0.25) is 0 Å². The lowest BCUT2D eigenvalue weighted by molar-refractivity contribution is -0.141. The number of aliphatic imine (C=N–C) groups is 1. The van der Waals surface area contributed by atoms with Crippen molar-refractivity contribution in [3.63, 3.8) is 0 Å². The summed E-state index contributed by atoms with van der Waals surface area (Å²) in [6, 6.07) is 3.37. The average molecular weight is 314 g/mol. The van der Waals surface area contributed by atoms with Crippen LogP contribution in [0.5, 0.6) is 0 Å². The Bertz CT molecular complexity index is 635. The van der Waals surface area contributed by atoms with Crippen LogP contribution in [-0.4, -0.2) is 25.6 Å². The van der Waals surface area contributed by atoms with E-state index in [9.17, 15) is 13.2 Å². The van der Waals surface area contributed by atoms with Gasteiger partial charge in [-0.1, -0.05) is 6.92 Å². The molecule has 0 bridgehead atoms. The van der Waals surface area contributed by atoms with Crippen molar-refractivity contribution in [2.24, 2.45) is 12.0 Å². The number of thioether (sulfide) groups is 1. The fourth-order valence-electron chi connectivity index (χ4n) is 1.70. The first-order valence-corrected chi connectivity index (χ1v) is 7.13. The number of aromatic nitrogens is 3. The van der Waals surface area contributed by atoms with Crippen LogP contribution in [0.3, 0.4) is 0 Å². The minimum absolute atomic E-state index is 0.0132. The summed E-state index contributed by atoms with van der Waals surface area (Å²) in [5.41, 5.74) is -0.431. The topological polar surface area (TPSA) is 43.1 Å². The Morgan fingerprint density at radius 2 is 2.19 bits per heavy atom. The lowest BCUT2D eigenvalue weighted by atomic mass is 10.2. The highest BCUT2D eigenvalue weighted by atomic mass is 32.2. The second-order valence-electron chi connectivity index (χ2n) is 4.12. The summed E-state index contributed by atoms with van der Waals surface area (Å²) in [4.78, 5) is 8.18. The number of hydrogen-bond donors (Lipinski definition) is 0. The maximum atomic E-state index is 13.0. The second kappa shape index (κ2) is 6.30. The first-order chi connectivity index (χ1) is 9.91. The number of hydrogen-bond acceptors (Lipinski definition) is 4. The maximum absolute atomic E-state index is 13.0. The van der Waals surface area contributed by atoms with Crippen molar-refractivity contribution in [3.8, 4) is 0 Å². The van der Waals surface area contributed by atoms with E-state index < -0.39 is 11.9 Å². The van der Waals surface area contributed by atoms with E-state index in [4.69, 9.17) is 0 Å². The van der Waals surface area contributed by atoms with Crippen molar-refractivity contribution in [2.45, 2.75) is 13.1 Å². The molecule has 0 aliphatic rings. The molecule has 21 heavy (non-hydrogen) atoms. The zero-order valence-electron chi connectivity index (χ0n) is 11.4. The zero-order valence-corrected chi connectivity index (χ0v) is 12.2. The number of alkyl halides is 3. The molecule has 2 aromatic heterocycles. The SMILES string of the molecule is CCS/C(=N\c1cccnc1)c1cn(C)nc1C(F)(F)F. The number of rotatable bonds is 3. The summed E-state index contributed by atoms with van der Waals surface area (Å²) in [5, 5.41) is 3.79. The lowest BCUT2D eigenvalue weighted by Gasteiger charge is -2.08. The molecule has 0 atom stereocenters. The van der Waals surface area contributed by atoms with Gasteiger partial charge >= 0.3 is 6.18 Å². The van der Waals surface area contributed by atoms with Gasteiger partial charge < -0.3 is 0 Å². The largest absolute Gasteiger partial charge is 0.435 e.